The first kappa shape index (κ1) is 15.8. The van der Waals surface area contributed by atoms with Crippen molar-refractivity contribution in [2.75, 3.05) is 20.6 Å². The van der Waals surface area contributed by atoms with Crippen LogP contribution in [0.3, 0.4) is 0 Å². The fraction of sp³-hybridized carbons (Fsp3) is 0.312. The van der Waals surface area contributed by atoms with Crippen molar-refractivity contribution >= 4 is 11.8 Å². The molecule has 0 aliphatic carbocycles. The fourth-order valence-electron chi connectivity index (χ4n) is 2.05. The number of nitrogens with one attached hydrogen (secondary N) is 1. The maximum Gasteiger partial charge on any atom is 0.253 e. The number of carbonyl (C=O) groups is 2. The Kier molecular flexibility index (Phi) is 4.93. The maximum absolute atomic E-state index is 12.0. The lowest BCUT2D eigenvalue weighted by Gasteiger charge is -2.10. The van der Waals surface area contributed by atoms with Gasteiger partial charge in [0.05, 0.1) is 6.33 Å². The Morgan fingerprint density at radius 2 is 1.82 bits per heavy atom. The van der Waals surface area contributed by atoms with E-state index in [1.807, 2.05) is 11.6 Å². The lowest BCUT2D eigenvalue weighted by Crippen LogP contribution is -2.26. The van der Waals surface area contributed by atoms with Crippen LogP contribution in [0, 0.1) is 0 Å². The minimum atomic E-state index is -0.147. The molecule has 0 aliphatic heterocycles. The van der Waals surface area contributed by atoms with E-state index in [9.17, 15) is 9.59 Å². The number of aromatic nitrogens is 2. The quantitative estimate of drug-likeness (QED) is 0.899. The molecular weight excluding hydrogens is 280 g/mol. The summed E-state index contributed by atoms with van der Waals surface area (Å²) >= 11 is 0. The highest BCUT2D eigenvalue weighted by Crippen LogP contribution is 2.06. The molecule has 116 valence electrons. The van der Waals surface area contributed by atoms with Crippen LogP contribution in [-0.4, -0.2) is 46.9 Å². The second-order valence-electron chi connectivity index (χ2n) is 5.28. The Morgan fingerprint density at radius 3 is 2.36 bits per heavy atom. The Labute approximate surface area is 129 Å². The monoisotopic (exact) mass is 300 g/mol. The predicted octanol–water partition coefficient (Wildman–Crippen LogP) is 1.09. The molecule has 1 heterocycles. The first-order valence-corrected chi connectivity index (χ1v) is 7.04. The van der Waals surface area contributed by atoms with E-state index >= 15 is 0 Å². The van der Waals surface area contributed by atoms with E-state index in [1.54, 1.807) is 50.9 Å². The Morgan fingerprint density at radius 1 is 1.18 bits per heavy atom. The molecule has 2 amide bonds. The summed E-state index contributed by atoms with van der Waals surface area (Å²) in [5.74, 6) is -0.228. The van der Waals surface area contributed by atoms with Crippen molar-refractivity contribution < 1.29 is 9.59 Å². The van der Waals surface area contributed by atoms with Crippen LogP contribution in [0.25, 0.3) is 0 Å². The third kappa shape index (κ3) is 3.72. The highest BCUT2D eigenvalue weighted by atomic mass is 16.2. The van der Waals surface area contributed by atoms with Gasteiger partial charge in [0, 0.05) is 57.1 Å². The number of hydrogen-bond acceptors (Lipinski definition) is 3. The van der Waals surface area contributed by atoms with Crippen molar-refractivity contribution in [2.45, 2.75) is 6.42 Å². The number of nitrogens with zero attached hydrogens (tertiary/aromatic N) is 3. The fourth-order valence-corrected chi connectivity index (χ4v) is 2.05. The van der Waals surface area contributed by atoms with Gasteiger partial charge in [-0.25, -0.2) is 4.98 Å². The van der Waals surface area contributed by atoms with Gasteiger partial charge in [0.25, 0.3) is 11.8 Å². The zero-order valence-electron chi connectivity index (χ0n) is 13.0. The SMILES string of the molecule is CN(C)C(=O)c1ccc(C(=O)NCCc2cncn2C)cc1. The number of amides is 2. The second-order valence-corrected chi connectivity index (χ2v) is 5.28. The smallest absolute Gasteiger partial charge is 0.253 e. The van der Waals surface area contributed by atoms with Crippen LogP contribution in [0.15, 0.2) is 36.8 Å². The largest absolute Gasteiger partial charge is 0.352 e. The molecule has 6 nitrogen and oxygen atoms in total. The number of imidazole rings is 1. The number of aryl methyl sites for hydroxylation is 1. The van der Waals surface area contributed by atoms with Crippen LogP contribution in [0.2, 0.25) is 0 Å². The summed E-state index contributed by atoms with van der Waals surface area (Å²) in [4.78, 5) is 29.4. The molecule has 6 heteroatoms. The minimum absolute atomic E-state index is 0.0804. The van der Waals surface area contributed by atoms with E-state index in [2.05, 4.69) is 10.3 Å². The van der Waals surface area contributed by atoms with E-state index in [0.29, 0.717) is 17.7 Å². The zero-order chi connectivity index (χ0) is 16.1. The van der Waals surface area contributed by atoms with Crippen LogP contribution < -0.4 is 5.32 Å². The Bertz CT molecular complexity index is 659. The number of rotatable bonds is 5. The van der Waals surface area contributed by atoms with Gasteiger partial charge in [0.15, 0.2) is 0 Å². The molecule has 0 saturated heterocycles. The van der Waals surface area contributed by atoms with Gasteiger partial charge in [0.2, 0.25) is 0 Å². The van der Waals surface area contributed by atoms with Gasteiger partial charge >= 0.3 is 0 Å². The van der Waals surface area contributed by atoms with Crippen LogP contribution in [0.5, 0.6) is 0 Å². The molecule has 0 atom stereocenters. The van der Waals surface area contributed by atoms with Crippen molar-refractivity contribution in [2.24, 2.45) is 7.05 Å². The van der Waals surface area contributed by atoms with Crippen molar-refractivity contribution in [1.29, 1.82) is 0 Å². The van der Waals surface area contributed by atoms with E-state index in [1.165, 1.54) is 4.90 Å². The molecule has 0 unspecified atom stereocenters. The molecule has 1 N–H and O–H groups in total. The lowest BCUT2D eigenvalue weighted by molar-refractivity contribution is 0.0826. The summed E-state index contributed by atoms with van der Waals surface area (Å²) < 4.78 is 1.92. The Hall–Kier alpha value is -2.63. The summed E-state index contributed by atoms with van der Waals surface area (Å²) in [7, 11) is 5.31. The topological polar surface area (TPSA) is 67.2 Å². The summed E-state index contributed by atoms with van der Waals surface area (Å²) in [5.41, 5.74) is 2.17. The van der Waals surface area contributed by atoms with Gasteiger partial charge in [-0.3, -0.25) is 9.59 Å². The standard InChI is InChI=1S/C16H20N4O2/c1-19(2)16(22)13-6-4-12(5-7-13)15(21)18-9-8-14-10-17-11-20(14)3/h4-7,10-11H,8-9H2,1-3H3,(H,18,21). The van der Waals surface area contributed by atoms with Gasteiger partial charge in [-0.1, -0.05) is 0 Å². The number of hydrogen-bond donors (Lipinski definition) is 1. The van der Waals surface area contributed by atoms with Crippen LogP contribution in [-0.2, 0) is 13.5 Å². The molecular formula is C16H20N4O2. The van der Waals surface area contributed by atoms with Gasteiger partial charge in [-0.2, -0.15) is 0 Å². The maximum atomic E-state index is 12.0. The van der Waals surface area contributed by atoms with E-state index in [0.717, 1.165) is 12.1 Å². The van der Waals surface area contributed by atoms with Crippen molar-refractivity contribution in [3.63, 3.8) is 0 Å². The van der Waals surface area contributed by atoms with Crippen LogP contribution in [0.1, 0.15) is 26.4 Å². The first-order valence-electron chi connectivity index (χ1n) is 7.04. The molecule has 0 bridgehead atoms. The van der Waals surface area contributed by atoms with Crippen LogP contribution in [0.4, 0.5) is 0 Å². The zero-order valence-corrected chi connectivity index (χ0v) is 13.0. The predicted molar refractivity (Wildman–Crippen MR) is 83.7 cm³/mol. The molecule has 2 rings (SSSR count). The Balaban J connectivity index is 1.90. The van der Waals surface area contributed by atoms with E-state index < -0.39 is 0 Å². The molecule has 0 spiro atoms. The van der Waals surface area contributed by atoms with Gasteiger partial charge in [-0.05, 0) is 24.3 Å². The molecule has 0 saturated carbocycles. The lowest BCUT2D eigenvalue weighted by atomic mass is 10.1. The first-order chi connectivity index (χ1) is 10.5. The van der Waals surface area contributed by atoms with E-state index in [-0.39, 0.29) is 11.8 Å². The second kappa shape index (κ2) is 6.89. The molecule has 0 aliphatic rings. The van der Waals surface area contributed by atoms with Crippen molar-refractivity contribution in [3.05, 3.63) is 53.6 Å². The number of carbonyl (C=O) groups excluding carboxylic acids is 2. The molecule has 2 aromatic rings. The highest BCUT2D eigenvalue weighted by Gasteiger charge is 2.10. The molecule has 1 aromatic carbocycles. The molecule has 22 heavy (non-hydrogen) atoms. The molecule has 0 radical (unpaired) electrons. The van der Waals surface area contributed by atoms with Crippen LogP contribution >= 0.6 is 0 Å². The van der Waals surface area contributed by atoms with Gasteiger partial charge < -0.3 is 14.8 Å². The molecule has 1 aromatic heterocycles. The third-order valence-electron chi connectivity index (χ3n) is 3.38. The van der Waals surface area contributed by atoms with Gasteiger partial charge in [0.1, 0.15) is 0 Å². The summed E-state index contributed by atoms with van der Waals surface area (Å²) in [6, 6.07) is 6.66. The third-order valence-corrected chi connectivity index (χ3v) is 3.38. The van der Waals surface area contributed by atoms with Gasteiger partial charge in [-0.15, -0.1) is 0 Å². The average Bonchev–Trinajstić information content (AvgIpc) is 2.92. The minimum Gasteiger partial charge on any atom is -0.352 e. The van der Waals surface area contributed by atoms with E-state index in [4.69, 9.17) is 0 Å². The number of benzene rings is 1. The summed E-state index contributed by atoms with van der Waals surface area (Å²) in [5, 5.41) is 2.86. The van der Waals surface area contributed by atoms with Crippen molar-refractivity contribution in [1.82, 2.24) is 19.8 Å². The highest BCUT2D eigenvalue weighted by molar-refractivity contribution is 5.97. The summed E-state index contributed by atoms with van der Waals surface area (Å²) in [6.45, 7) is 0.538. The normalized spacial score (nSPS) is 10.3. The summed E-state index contributed by atoms with van der Waals surface area (Å²) in [6.07, 6.45) is 4.24. The average molecular weight is 300 g/mol. The van der Waals surface area contributed by atoms with Crippen molar-refractivity contribution in [3.8, 4) is 0 Å². The molecule has 0 fully saturated rings.